The quantitative estimate of drug-likeness (QED) is 0.434. The number of anilines is 1. The van der Waals surface area contributed by atoms with Gasteiger partial charge in [0.25, 0.3) is 0 Å². The van der Waals surface area contributed by atoms with Crippen molar-refractivity contribution in [1.29, 1.82) is 0 Å². The summed E-state index contributed by atoms with van der Waals surface area (Å²) in [5.41, 5.74) is 4.06. The maximum Gasteiger partial charge on any atom is 0.322 e. The first-order valence-corrected chi connectivity index (χ1v) is 13.0. The van der Waals surface area contributed by atoms with Crippen LogP contribution in [0.15, 0.2) is 42.5 Å². The van der Waals surface area contributed by atoms with Crippen LogP contribution in [-0.4, -0.2) is 32.1 Å². The monoisotopic (exact) mass is 460 g/mol. The third-order valence-corrected chi connectivity index (χ3v) is 5.71. The minimum absolute atomic E-state index is 0.134. The number of para-hydroxylation sites is 1. The van der Waals surface area contributed by atoms with Gasteiger partial charge in [0.05, 0.1) is 6.26 Å². The van der Waals surface area contributed by atoms with Crippen molar-refractivity contribution in [3.8, 4) is 5.75 Å². The molecule has 2 rings (SSSR count). The molecule has 0 radical (unpaired) electrons. The summed E-state index contributed by atoms with van der Waals surface area (Å²) >= 11 is 0. The summed E-state index contributed by atoms with van der Waals surface area (Å²) in [5, 5.41) is 3.20. The van der Waals surface area contributed by atoms with Gasteiger partial charge in [0, 0.05) is 18.8 Å². The summed E-state index contributed by atoms with van der Waals surface area (Å²) in [4.78, 5) is 15.1. The SMILES string of the molecule is CCCCN(Cc1ccc(OS(C)(=O)=O)cc1)C(=O)Nc1c(C(C)C)cccc1C(C)C. The van der Waals surface area contributed by atoms with Gasteiger partial charge in [-0.15, -0.1) is 0 Å². The van der Waals surface area contributed by atoms with Crippen LogP contribution in [0, 0.1) is 0 Å². The smallest absolute Gasteiger partial charge is 0.322 e. The van der Waals surface area contributed by atoms with Crippen LogP contribution in [0.2, 0.25) is 0 Å². The second-order valence-electron chi connectivity index (χ2n) is 8.76. The molecule has 176 valence electrons. The highest BCUT2D eigenvalue weighted by Crippen LogP contribution is 2.32. The van der Waals surface area contributed by atoms with E-state index in [4.69, 9.17) is 4.18 Å². The Balaban J connectivity index is 2.26. The van der Waals surface area contributed by atoms with Gasteiger partial charge in [-0.2, -0.15) is 8.42 Å². The Bertz CT molecular complexity index is 973. The Labute approximate surface area is 193 Å². The van der Waals surface area contributed by atoms with Crippen LogP contribution < -0.4 is 9.50 Å². The van der Waals surface area contributed by atoms with Gasteiger partial charge in [-0.05, 0) is 47.1 Å². The van der Waals surface area contributed by atoms with Crippen LogP contribution >= 0.6 is 0 Å². The molecule has 0 aliphatic rings. The van der Waals surface area contributed by atoms with Gasteiger partial charge in [0.2, 0.25) is 0 Å². The maximum atomic E-state index is 13.3. The molecule has 0 spiro atoms. The first-order chi connectivity index (χ1) is 15.0. The second kappa shape index (κ2) is 11.4. The number of hydrogen-bond donors (Lipinski definition) is 1. The Kier molecular flexibility index (Phi) is 9.13. The molecule has 0 aromatic heterocycles. The number of hydrogen-bond acceptors (Lipinski definition) is 4. The van der Waals surface area contributed by atoms with Gasteiger partial charge in [0.1, 0.15) is 5.75 Å². The van der Waals surface area contributed by atoms with E-state index in [1.54, 1.807) is 29.2 Å². The molecular weight excluding hydrogens is 424 g/mol. The van der Waals surface area contributed by atoms with Crippen molar-refractivity contribution in [2.24, 2.45) is 0 Å². The molecule has 1 N–H and O–H groups in total. The lowest BCUT2D eigenvalue weighted by Gasteiger charge is -2.26. The molecule has 0 saturated carbocycles. The normalized spacial score (nSPS) is 11.6. The fourth-order valence-electron chi connectivity index (χ4n) is 3.53. The Hall–Kier alpha value is -2.54. The predicted molar refractivity (Wildman–Crippen MR) is 131 cm³/mol. The third-order valence-electron chi connectivity index (χ3n) is 5.22. The van der Waals surface area contributed by atoms with Gasteiger partial charge in [-0.25, -0.2) is 4.79 Å². The predicted octanol–water partition coefficient (Wildman–Crippen LogP) is 6.11. The zero-order valence-corrected chi connectivity index (χ0v) is 20.8. The van der Waals surface area contributed by atoms with Crippen molar-refractivity contribution in [3.63, 3.8) is 0 Å². The molecule has 0 unspecified atom stereocenters. The molecule has 0 heterocycles. The average Bonchev–Trinajstić information content (AvgIpc) is 2.70. The molecule has 6 nitrogen and oxygen atoms in total. The molecule has 0 aliphatic carbocycles. The van der Waals surface area contributed by atoms with Gasteiger partial charge < -0.3 is 14.4 Å². The van der Waals surface area contributed by atoms with E-state index in [1.165, 1.54) is 0 Å². The molecule has 0 atom stereocenters. The summed E-state index contributed by atoms with van der Waals surface area (Å²) < 4.78 is 27.5. The van der Waals surface area contributed by atoms with Crippen molar-refractivity contribution in [3.05, 3.63) is 59.2 Å². The van der Waals surface area contributed by atoms with Crippen LogP contribution in [-0.2, 0) is 16.7 Å². The molecule has 0 aliphatic heterocycles. The van der Waals surface area contributed by atoms with Gasteiger partial charge >= 0.3 is 16.1 Å². The van der Waals surface area contributed by atoms with E-state index in [-0.39, 0.29) is 23.6 Å². The lowest BCUT2D eigenvalue weighted by atomic mass is 9.93. The Morgan fingerprint density at radius 3 is 2.03 bits per heavy atom. The first-order valence-electron chi connectivity index (χ1n) is 11.2. The number of nitrogens with zero attached hydrogens (tertiary/aromatic N) is 1. The van der Waals surface area contributed by atoms with E-state index in [2.05, 4.69) is 58.1 Å². The number of rotatable bonds is 10. The zero-order valence-electron chi connectivity index (χ0n) is 20.0. The zero-order chi connectivity index (χ0) is 23.9. The fraction of sp³-hybridized carbons (Fsp3) is 0.480. The van der Waals surface area contributed by atoms with Crippen LogP contribution in [0.5, 0.6) is 5.75 Å². The lowest BCUT2D eigenvalue weighted by molar-refractivity contribution is 0.208. The molecule has 2 amide bonds. The molecule has 0 bridgehead atoms. The van der Waals surface area contributed by atoms with Crippen molar-refractivity contribution in [2.45, 2.75) is 65.8 Å². The van der Waals surface area contributed by atoms with E-state index in [0.717, 1.165) is 41.5 Å². The number of amides is 2. The molecule has 0 saturated heterocycles. The van der Waals surface area contributed by atoms with E-state index >= 15 is 0 Å². The van der Waals surface area contributed by atoms with E-state index in [1.807, 2.05) is 0 Å². The highest BCUT2D eigenvalue weighted by molar-refractivity contribution is 7.86. The number of carbonyl (C=O) groups excluding carboxylic acids is 1. The number of urea groups is 1. The van der Waals surface area contributed by atoms with Crippen LogP contribution in [0.1, 0.15) is 76.0 Å². The summed E-state index contributed by atoms with van der Waals surface area (Å²) in [6, 6.07) is 12.9. The number of benzene rings is 2. The molecule has 7 heteroatoms. The Morgan fingerprint density at radius 2 is 1.56 bits per heavy atom. The van der Waals surface area contributed by atoms with Gasteiger partial charge in [-0.1, -0.05) is 71.4 Å². The topological polar surface area (TPSA) is 75.7 Å². The molecular formula is C25H36N2O4S. The van der Waals surface area contributed by atoms with E-state index in [0.29, 0.717) is 13.1 Å². The van der Waals surface area contributed by atoms with E-state index in [9.17, 15) is 13.2 Å². The maximum absolute atomic E-state index is 13.3. The van der Waals surface area contributed by atoms with Crippen molar-refractivity contribution in [1.82, 2.24) is 4.90 Å². The highest BCUT2D eigenvalue weighted by Gasteiger charge is 2.20. The van der Waals surface area contributed by atoms with Crippen molar-refractivity contribution >= 4 is 21.8 Å². The summed E-state index contributed by atoms with van der Waals surface area (Å²) in [5.74, 6) is 0.833. The van der Waals surface area contributed by atoms with Crippen LogP contribution in [0.25, 0.3) is 0 Å². The lowest BCUT2D eigenvalue weighted by Crippen LogP contribution is -2.36. The highest BCUT2D eigenvalue weighted by atomic mass is 32.2. The minimum atomic E-state index is -3.57. The largest absolute Gasteiger partial charge is 0.383 e. The molecule has 2 aromatic carbocycles. The molecule has 0 fully saturated rings. The van der Waals surface area contributed by atoms with Crippen LogP contribution in [0.3, 0.4) is 0 Å². The number of nitrogens with one attached hydrogen (secondary N) is 1. The molecule has 32 heavy (non-hydrogen) atoms. The van der Waals surface area contributed by atoms with Gasteiger partial charge in [0.15, 0.2) is 0 Å². The second-order valence-corrected chi connectivity index (χ2v) is 10.3. The summed E-state index contributed by atoms with van der Waals surface area (Å²) in [6.45, 7) is 11.7. The average molecular weight is 461 g/mol. The number of carbonyl (C=O) groups is 1. The van der Waals surface area contributed by atoms with Crippen molar-refractivity contribution < 1.29 is 17.4 Å². The van der Waals surface area contributed by atoms with Crippen LogP contribution in [0.4, 0.5) is 10.5 Å². The first kappa shape index (κ1) is 25.7. The van der Waals surface area contributed by atoms with Gasteiger partial charge in [-0.3, -0.25) is 0 Å². The van der Waals surface area contributed by atoms with E-state index < -0.39 is 10.1 Å². The van der Waals surface area contributed by atoms with Crippen molar-refractivity contribution in [2.75, 3.05) is 18.1 Å². The number of unbranched alkanes of at least 4 members (excludes halogenated alkanes) is 1. The standard InChI is InChI=1S/C25H36N2O4S/c1-7-8-16-27(17-20-12-14-21(15-13-20)31-32(6,29)30)25(28)26-24-22(18(2)3)10-9-11-23(24)19(4)5/h9-15,18-19H,7-8,16-17H2,1-6H3,(H,26,28). The molecule has 2 aromatic rings. The fourth-order valence-corrected chi connectivity index (χ4v) is 3.99. The summed E-state index contributed by atoms with van der Waals surface area (Å²) in [7, 11) is -3.57. The Morgan fingerprint density at radius 1 is 1.00 bits per heavy atom. The minimum Gasteiger partial charge on any atom is -0.383 e. The summed E-state index contributed by atoms with van der Waals surface area (Å²) in [6.07, 6.45) is 2.88. The third kappa shape index (κ3) is 7.55.